The second kappa shape index (κ2) is 8.39. The van der Waals surface area contributed by atoms with Gasteiger partial charge in [-0.3, -0.25) is 4.79 Å². The van der Waals surface area contributed by atoms with E-state index in [1.54, 1.807) is 39.3 Å². The minimum absolute atomic E-state index is 0.259. The van der Waals surface area contributed by atoms with Crippen LogP contribution in [-0.2, 0) is 10.3 Å². The Morgan fingerprint density at radius 3 is 2.16 bits per heavy atom. The van der Waals surface area contributed by atoms with Gasteiger partial charge in [0.1, 0.15) is 29.4 Å². The monoisotopic (exact) mass is 344 g/mol. The lowest BCUT2D eigenvalue weighted by Gasteiger charge is -2.24. The molecule has 0 heterocycles. The summed E-state index contributed by atoms with van der Waals surface area (Å²) < 4.78 is 16.0. The van der Waals surface area contributed by atoms with Crippen LogP contribution < -0.4 is 25.3 Å². The van der Waals surface area contributed by atoms with Gasteiger partial charge in [0, 0.05) is 18.2 Å². The summed E-state index contributed by atoms with van der Waals surface area (Å²) in [7, 11) is 3.15. The van der Waals surface area contributed by atoms with Crippen LogP contribution in [0, 0.1) is 0 Å². The lowest BCUT2D eigenvalue weighted by atomic mass is 9.92. The Morgan fingerprint density at radius 1 is 1.04 bits per heavy atom. The maximum atomic E-state index is 12.3. The Kier molecular flexibility index (Phi) is 6.25. The van der Waals surface area contributed by atoms with Gasteiger partial charge < -0.3 is 25.3 Å². The normalized spacial score (nSPS) is 12.8. The number of hydrogen-bond acceptors (Lipinski definition) is 5. The van der Waals surface area contributed by atoms with Crippen molar-refractivity contribution in [3.8, 4) is 17.2 Å². The summed E-state index contributed by atoms with van der Waals surface area (Å²) >= 11 is 0. The lowest BCUT2D eigenvalue weighted by molar-refractivity contribution is -0.126. The summed E-state index contributed by atoms with van der Waals surface area (Å²) in [6, 6.07) is 14.5. The highest BCUT2D eigenvalue weighted by atomic mass is 16.5. The highest BCUT2D eigenvalue weighted by molar-refractivity contribution is 5.86. The zero-order chi connectivity index (χ0) is 18.3. The third-order valence-corrected chi connectivity index (χ3v) is 3.83. The molecule has 1 amide bonds. The number of ether oxygens (including phenoxy) is 3. The third kappa shape index (κ3) is 4.87. The number of nitrogens with two attached hydrogens (primary N) is 1. The van der Waals surface area contributed by atoms with Crippen molar-refractivity contribution in [3.05, 3.63) is 54.1 Å². The summed E-state index contributed by atoms with van der Waals surface area (Å²) in [4.78, 5) is 12.3. The maximum absolute atomic E-state index is 12.3. The standard InChI is InChI=1S/C19H24N2O4/c1-19(20,14-7-5-4-6-8-14)18(22)21-9-10-25-17-12-15(23-2)11-16(13-17)24-3/h4-8,11-13H,9-10,20H2,1-3H3,(H,21,22). The van der Waals surface area contributed by atoms with Crippen molar-refractivity contribution in [1.29, 1.82) is 0 Å². The van der Waals surface area contributed by atoms with E-state index in [-0.39, 0.29) is 5.91 Å². The molecule has 6 heteroatoms. The molecule has 0 aliphatic rings. The van der Waals surface area contributed by atoms with E-state index in [1.165, 1.54) is 0 Å². The Morgan fingerprint density at radius 2 is 1.60 bits per heavy atom. The fourth-order valence-corrected chi connectivity index (χ4v) is 2.30. The quantitative estimate of drug-likeness (QED) is 0.717. The van der Waals surface area contributed by atoms with Gasteiger partial charge in [-0.15, -0.1) is 0 Å². The van der Waals surface area contributed by atoms with Gasteiger partial charge >= 0.3 is 0 Å². The molecule has 25 heavy (non-hydrogen) atoms. The van der Waals surface area contributed by atoms with Gasteiger partial charge in [-0.25, -0.2) is 0 Å². The molecule has 1 unspecified atom stereocenters. The van der Waals surface area contributed by atoms with Crippen LogP contribution in [-0.4, -0.2) is 33.3 Å². The summed E-state index contributed by atoms with van der Waals surface area (Å²) in [5.41, 5.74) is 5.82. The first-order chi connectivity index (χ1) is 12.0. The van der Waals surface area contributed by atoms with E-state index in [4.69, 9.17) is 19.9 Å². The maximum Gasteiger partial charge on any atom is 0.244 e. The number of benzene rings is 2. The van der Waals surface area contributed by atoms with Crippen molar-refractivity contribution < 1.29 is 19.0 Å². The topological polar surface area (TPSA) is 82.8 Å². The van der Waals surface area contributed by atoms with E-state index in [0.717, 1.165) is 5.56 Å². The van der Waals surface area contributed by atoms with E-state index in [1.807, 2.05) is 30.3 Å². The van der Waals surface area contributed by atoms with Crippen LogP contribution in [0.25, 0.3) is 0 Å². The second-order valence-corrected chi connectivity index (χ2v) is 5.72. The largest absolute Gasteiger partial charge is 0.496 e. The van der Waals surface area contributed by atoms with Gasteiger partial charge in [-0.05, 0) is 12.5 Å². The minimum Gasteiger partial charge on any atom is -0.496 e. The summed E-state index contributed by atoms with van der Waals surface area (Å²) in [5, 5.41) is 2.80. The third-order valence-electron chi connectivity index (χ3n) is 3.83. The number of carbonyl (C=O) groups excluding carboxylic acids is 1. The number of carbonyl (C=O) groups is 1. The van der Waals surface area contributed by atoms with Crippen molar-refractivity contribution in [2.45, 2.75) is 12.5 Å². The molecule has 2 aromatic carbocycles. The van der Waals surface area contributed by atoms with E-state index < -0.39 is 5.54 Å². The minimum atomic E-state index is -1.10. The molecule has 3 N–H and O–H groups in total. The van der Waals surface area contributed by atoms with Gasteiger partial charge in [0.2, 0.25) is 5.91 Å². The molecule has 2 rings (SSSR count). The van der Waals surface area contributed by atoms with E-state index in [2.05, 4.69) is 5.32 Å². The molecule has 0 aliphatic carbocycles. The Bertz CT molecular complexity index is 680. The molecule has 0 saturated carbocycles. The predicted octanol–water partition coefficient (Wildman–Crippen LogP) is 2.07. The number of amides is 1. The average molecular weight is 344 g/mol. The smallest absolute Gasteiger partial charge is 0.244 e. The zero-order valence-electron chi connectivity index (χ0n) is 14.7. The Hall–Kier alpha value is -2.73. The number of methoxy groups -OCH3 is 2. The highest BCUT2D eigenvalue weighted by Gasteiger charge is 2.29. The predicted molar refractivity (Wildman–Crippen MR) is 96.0 cm³/mol. The number of hydrogen-bond donors (Lipinski definition) is 2. The molecular formula is C19H24N2O4. The van der Waals surface area contributed by atoms with Crippen LogP contribution in [0.2, 0.25) is 0 Å². The molecule has 2 aromatic rings. The fourth-order valence-electron chi connectivity index (χ4n) is 2.30. The Labute approximate surface area is 147 Å². The van der Waals surface area contributed by atoms with Crippen LogP contribution in [0.4, 0.5) is 0 Å². The summed E-state index contributed by atoms with van der Waals surface area (Å²) in [6.45, 7) is 2.32. The molecule has 0 saturated heterocycles. The second-order valence-electron chi connectivity index (χ2n) is 5.72. The number of rotatable bonds is 8. The van der Waals surface area contributed by atoms with Gasteiger partial charge in [0.15, 0.2) is 0 Å². The first kappa shape index (κ1) is 18.6. The van der Waals surface area contributed by atoms with Crippen LogP contribution in [0.5, 0.6) is 17.2 Å². The van der Waals surface area contributed by atoms with E-state index >= 15 is 0 Å². The summed E-state index contributed by atoms with van der Waals surface area (Å²) in [5.74, 6) is 1.61. The average Bonchev–Trinajstić information content (AvgIpc) is 2.65. The zero-order valence-corrected chi connectivity index (χ0v) is 14.7. The molecule has 134 valence electrons. The van der Waals surface area contributed by atoms with E-state index in [0.29, 0.717) is 30.4 Å². The molecule has 6 nitrogen and oxygen atoms in total. The van der Waals surface area contributed by atoms with Crippen LogP contribution >= 0.6 is 0 Å². The van der Waals surface area contributed by atoms with Crippen molar-refractivity contribution in [3.63, 3.8) is 0 Å². The molecule has 0 spiro atoms. The number of nitrogens with one attached hydrogen (secondary N) is 1. The van der Waals surface area contributed by atoms with Crippen LogP contribution in [0.3, 0.4) is 0 Å². The van der Waals surface area contributed by atoms with Gasteiger partial charge in [0.25, 0.3) is 0 Å². The molecule has 0 bridgehead atoms. The molecule has 0 fully saturated rings. The molecule has 0 aliphatic heterocycles. The Balaban J connectivity index is 1.88. The lowest BCUT2D eigenvalue weighted by Crippen LogP contribution is -2.49. The van der Waals surface area contributed by atoms with Gasteiger partial charge in [-0.2, -0.15) is 0 Å². The van der Waals surface area contributed by atoms with Gasteiger partial charge in [0.05, 0.1) is 20.8 Å². The van der Waals surface area contributed by atoms with Crippen molar-refractivity contribution in [1.82, 2.24) is 5.32 Å². The van der Waals surface area contributed by atoms with Gasteiger partial charge in [-0.1, -0.05) is 30.3 Å². The van der Waals surface area contributed by atoms with Crippen LogP contribution in [0.1, 0.15) is 12.5 Å². The molecular weight excluding hydrogens is 320 g/mol. The van der Waals surface area contributed by atoms with Crippen molar-refractivity contribution >= 4 is 5.91 Å². The van der Waals surface area contributed by atoms with Crippen LogP contribution in [0.15, 0.2) is 48.5 Å². The summed E-state index contributed by atoms with van der Waals surface area (Å²) in [6.07, 6.45) is 0. The fraction of sp³-hybridized carbons (Fsp3) is 0.316. The highest BCUT2D eigenvalue weighted by Crippen LogP contribution is 2.27. The van der Waals surface area contributed by atoms with Crippen molar-refractivity contribution in [2.24, 2.45) is 5.73 Å². The molecule has 1 atom stereocenters. The molecule has 0 aromatic heterocycles. The SMILES string of the molecule is COc1cc(OC)cc(OCCNC(=O)C(C)(N)c2ccccc2)c1. The first-order valence-corrected chi connectivity index (χ1v) is 7.96. The van der Waals surface area contributed by atoms with Crippen molar-refractivity contribution in [2.75, 3.05) is 27.4 Å². The first-order valence-electron chi connectivity index (χ1n) is 7.96. The molecule has 0 radical (unpaired) electrons. The van der Waals surface area contributed by atoms with E-state index in [9.17, 15) is 4.79 Å².